The SMILES string of the molecule is CC(O)C1C(=O)OC2c3ccccc3CC21. The van der Waals surface area contributed by atoms with Gasteiger partial charge in [0, 0.05) is 5.92 Å². The molecule has 1 aliphatic carbocycles. The highest BCUT2D eigenvalue weighted by molar-refractivity contribution is 5.77. The lowest BCUT2D eigenvalue weighted by atomic mass is 9.87. The van der Waals surface area contributed by atoms with E-state index in [0.29, 0.717) is 0 Å². The van der Waals surface area contributed by atoms with Gasteiger partial charge < -0.3 is 9.84 Å². The third-order valence-electron chi connectivity index (χ3n) is 3.70. The Morgan fingerprint density at radius 1 is 1.44 bits per heavy atom. The highest BCUT2D eigenvalue weighted by Crippen LogP contribution is 2.48. The van der Waals surface area contributed by atoms with Crippen LogP contribution in [0.25, 0.3) is 0 Å². The molecule has 3 heteroatoms. The number of aliphatic hydroxyl groups is 1. The second-order valence-electron chi connectivity index (χ2n) is 4.69. The van der Waals surface area contributed by atoms with Crippen molar-refractivity contribution in [1.29, 1.82) is 0 Å². The van der Waals surface area contributed by atoms with Crippen LogP contribution in [0.4, 0.5) is 0 Å². The molecular weight excluding hydrogens is 204 g/mol. The fourth-order valence-electron chi connectivity index (χ4n) is 2.99. The van der Waals surface area contributed by atoms with Crippen LogP contribution in [0.5, 0.6) is 0 Å². The quantitative estimate of drug-likeness (QED) is 0.726. The van der Waals surface area contributed by atoms with Gasteiger partial charge in [-0.1, -0.05) is 24.3 Å². The lowest BCUT2D eigenvalue weighted by molar-refractivity contribution is -0.146. The number of fused-ring (bicyclic) bond motifs is 3. The van der Waals surface area contributed by atoms with Crippen molar-refractivity contribution in [3.05, 3.63) is 35.4 Å². The van der Waals surface area contributed by atoms with Gasteiger partial charge in [-0.25, -0.2) is 0 Å². The van der Waals surface area contributed by atoms with Crippen molar-refractivity contribution < 1.29 is 14.6 Å². The summed E-state index contributed by atoms with van der Waals surface area (Å²) in [6.45, 7) is 1.66. The molecule has 0 spiro atoms. The van der Waals surface area contributed by atoms with Crippen LogP contribution in [-0.4, -0.2) is 17.2 Å². The van der Waals surface area contributed by atoms with Crippen molar-refractivity contribution in [1.82, 2.24) is 0 Å². The van der Waals surface area contributed by atoms with Gasteiger partial charge in [-0.2, -0.15) is 0 Å². The van der Waals surface area contributed by atoms with Crippen LogP contribution in [0.2, 0.25) is 0 Å². The zero-order valence-corrected chi connectivity index (χ0v) is 9.09. The maximum absolute atomic E-state index is 11.7. The number of esters is 1. The average molecular weight is 218 g/mol. The topological polar surface area (TPSA) is 46.5 Å². The number of benzene rings is 1. The first-order chi connectivity index (χ1) is 7.68. The third kappa shape index (κ3) is 1.21. The Morgan fingerprint density at radius 3 is 2.94 bits per heavy atom. The summed E-state index contributed by atoms with van der Waals surface area (Å²) in [6.07, 6.45) is 0.0717. The summed E-state index contributed by atoms with van der Waals surface area (Å²) in [6, 6.07) is 8.04. The maximum atomic E-state index is 11.7. The van der Waals surface area contributed by atoms with Crippen LogP contribution in [0.1, 0.15) is 24.2 Å². The Hall–Kier alpha value is -1.35. The summed E-state index contributed by atoms with van der Waals surface area (Å²) in [5.74, 6) is -0.498. The summed E-state index contributed by atoms with van der Waals surface area (Å²) in [5.41, 5.74) is 2.36. The first-order valence-corrected chi connectivity index (χ1v) is 5.65. The summed E-state index contributed by atoms with van der Waals surface area (Å²) in [5, 5.41) is 9.65. The molecule has 3 rings (SSSR count). The Bertz CT molecular complexity index is 439. The van der Waals surface area contributed by atoms with Crippen molar-refractivity contribution >= 4 is 5.97 Å². The van der Waals surface area contributed by atoms with Crippen molar-refractivity contribution in [3.63, 3.8) is 0 Å². The van der Waals surface area contributed by atoms with E-state index in [4.69, 9.17) is 4.74 Å². The summed E-state index contributed by atoms with van der Waals surface area (Å²) >= 11 is 0. The van der Waals surface area contributed by atoms with Gasteiger partial charge in [-0.15, -0.1) is 0 Å². The number of hydrogen-bond donors (Lipinski definition) is 1. The van der Waals surface area contributed by atoms with Crippen LogP contribution in [-0.2, 0) is 16.0 Å². The van der Waals surface area contributed by atoms with E-state index in [-0.39, 0.29) is 23.9 Å². The molecule has 0 saturated carbocycles. The highest BCUT2D eigenvalue weighted by Gasteiger charge is 2.51. The molecule has 0 radical (unpaired) electrons. The zero-order chi connectivity index (χ0) is 11.3. The summed E-state index contributed by atoms with van der Waals surface area (Å²) in [4.78, 5) is 11.7. The van der Waals surface area contributed by atoms with Crippen LogP contribution < -0.4 is 0 Å². The first kappa shape index (κ1) is 9.85. The van der Waals surface area contributed by atoms with E-state index in [2.05, 4.69) is 6.07 Å². The molecule has 0 amide bonds. The molecule has 4 atom stereocenters. The Morgan fingerprint density at radius 2 is 2.19 bits per heavy atom. The van der Waals surface area contributed by atoms with E-state index in [1.54, 1.807) is 6.92 Å². The second-order valence-corrected chi connectivity index (χ2v) is 4.69. The molecule has 1 saturated heterocycles. The van der Waals surface area contributed by atoms with E-state index in [1.165, 1.54) is 5.56 Å². The zero-order valence-electron chi connectivity index (χ0n) is 9.09. The molecule has 1 aliphatic heterocycles. The highest BCUT2D eigenvalue weighted by atomic mass is 16.6. The van der Waals surface area contributed by atoms with E-state index < -0.39 is 6.10 Å². The molecule has 1 heterocycles. The summed E-state index contributed by atoms with van der Waals surface area (Å²) < 4.78 is 5.39. The molecule has 2 aliphatic rings. The molecule has 0 bridgehead atoms. The molecule has 0 aromatic heterocycles. The molecule has 3 nitrogen and oxygen atoms in total. The minimum Gasteiger partial charge on any atom is -0.457 e. The lowest BCUT2D eigenvalue weighted by Crippen LogP contribution is -2.27. The minimum atomic E-state index is -0.628. The predicted molar refractivity (Wildman–Crippen MR) is 57.6 cm³/mol. The number of aliphatic hydroxyl groups excluding tert-OH is 1. The van der Waals surface area contributed by atoms with Crippen molar-refractivity contribution in [3.8, 4) is 0 Å². The third-order valence-corrected chi connectivity index (χ3v) is 3.70. The molecule has 1 N–H and O–H groups in total. The van der Waals surface area contributed by atoms with E-state index in [0.717, 1.165) is 12.0 Å². The van der Waals surface area contributed by atoms with Gasteiger partial charge in [0.2, 0.25) is 0 Å². The number of ether oxygens (including phenoxy) is 1. The van der Waals surface area contributed by atoms with Gasteiger partial charge in [0.05, 0.1) is 12.0 Å². The second kappa shape index (κ2) is 3.32. The van der Waals surface area contributed by atoms with Gasteiger partial charge in [-0.3, -0.25) is 4.79 Å². The monoisotopic (exact) mass is 218 g/mol. The van der Waals surface area contributed by atoms with Crippen molar-refractivity contribution in [2.24, 2.45) is 11.8 Å². The summed E-state index contributed by atoms with van der Waals surface area (Å²) in [7, 11) is 0. The fraction of sp³-hybridized carbons (Fsp3) is 0.462. The van der Waals surface area contributed by atoms with Gasteiger partial charge in [0.1, 0.15) is 6.10 Å². The molecule has 1 aromatic rings. The Balaban J connectivity index is 1.99. The maximum Gasteiger partial charge on any atom is 0.312 e. The number of carbonyl (C=O) groups excluding carboxylic acids is 1. The molecule has 16 heavy (non-hydrogen) atoms. The van der Waals surface area contributed by atoms with Gasteiger partial charge in [0.25, 0.3) is 0 Å². The van der Waals surface area contributed by atoms with Gasteiger partial charge in [0.15, 0.2) is 0 Å². The van der Waals surface area contributed by atoms with Crippen LogP contribution >= 0.6 is 0 Å². The van der Waals surface area contributed by atoms with Gasteiger partial charge in [-0.05, 0) is 24.5 Å². The molecule has 1 fully saturated rings. The number of hydrogen-bond acceptors (Lipinski definition) is 3. The van der Waals surface area contributed by atoms with Crippen LogP contribution in [0.15, 0.2) is 24.3 Å². The van der Waals surface area contributed by atoms with Crippen LogP contribution in [0, 0.1) is 11.8 Å². The van der Waals surface area contributed by atoms with Crippen molar-refractivity contribution in [2.45, 2.75) is 25.6 Å². The predicted octanol–water partition coefficient (Wildman–Crippen LogP) is 1.45. The molecular formula is C13H14O3. The van der Waals surface area contributed by atoms with Crippen molar-refractivity contribution in [2.75, 3.05) is 0 Å². The van der Waals surface area contributed by atoms with E-state index in [9.17, 15) is 9.90 Å². The lowest BCUT2D eigenvalue weighted by Gasteiger charge is -2.15. The molecule has 84 valence electrons. The number of carbonyl (C=O) groups is 1. The Labute approximate surface area is 94.0 Å². The smallest absolute Gasteiger partial charge is 0.312 e. The van der Waals surface area contributed by atoms with E-state index >= 15 is 0 Å². The average Bonchev–Trinajstić information content (AvgIpc) is 2.71. The normalized spacial score (nSPS) is 33.1. The largest absolute Gasteiger partial charge is 0.457 e. The van der Waals surface area contributed by atoms with Crippen LogP contribution in [0.3, 0.4) is 0 Å². The standard InChI is InChI=1S/C13H14O3/c1-7(14)11-10-6-8-4-2-3-5-9(8)12(10)16-13(11)15/h2-5,7,10-12,14H,6H2,1H3. The molecule has 1 aromatic carbocycles. The van der Waals surface area contributed by atoms with Gasteiger partial charge >= 0.3 is 5.97 Å². The number of rotatable bonds is 1. The first-order valence-electron chi connectivity index (χ1n) is 5.65. The molecule has 4 unspecified atom stereocenters. The Kier molecular flexibility index (Phi) is 2.04. The fourth-order valence-corrected chi connectivity index (χ4v) is 2.99. The van der Waals surface area contributed by atoms with E-state index in [1.807, 2.05) is 18.2 Å². The minimum absolute atomic E-state index is 0.116.